The van der Waals surface area contributed by atoms with Gasteiger partial charge in [0.25, 0.3) is 0 Å². The van der Waals surface area contributed by atoms with E-state index in [1.54, 1.807) is 6.08 Å². The van der Waals surface area contributed by atoms with E-state index in [4.69, 9.17) is 0 Å². The van der Waals surface area contributed by atoms with Crippen LogP contribution in [-0.4, -0.2) is 12.3 Å². The van der Waals surface area contributed by atoms with Crippen LogP contribution in [0, 0.1) is 0 Å². The zero-order chi connectivity index (χ0) is 9.80. The molecule has 1 aliphatic heterocycles. The van der Waals surface area contributed by atoms with Crippen LogP contribution in [0.5, 0.6) is 0 Å². The van der Waals surface area contributed by atoms with E-state index in [-0.39, 0.29) is 5.78 Å². The summed E-state index contributed by atoms with van der Waals surface area (Å²) in [5, 5.41) is 3.24. The molecule has 2 rings (SSSR count). The van der Waals surface area contributed by atoms with Gasteiger partial charge in [-0.1, -0.05) is 30.3 Å². The van der Waals surface area contributed by atoms with Crippen LogP contribution in [0.3, 0.4) is 0 Å². The molecule has 1 aliphatic rings. The molecule has 1 aromatic carbocycles. The first-order valence-corrected chi connectivity index (χ1v) is 4.86. The predicted octanol–water partition coefficient (Wildman–Crippen LogP) is 1.68. The van der Waals surface area contributed by atoms with Gasteiger partial charge in [-0.2, -0.15) is 0 Å². The Balaban J connectivity index is 2.08. The molecule has 2 nitrogen and oxygen atoms in total. The van der Waals surface area contributed by atoms with E-state index < -0.39 is 0 Å². The molecule has 0 radical (unpaired) electrons. The molecule has 2 heteroatoms. The highest BCUT2D eigenvalue weighted by atomic mass is 16.1. The van der Waals surface area contributed by atoms with Gasteiger partial charge in [0.15, 0.2) is 5.78 Å². The predicted molar refractivity (Wildman–Crippen MR) is 55.9 cm³/mol. The van der Waals surface area contributed by atoms with Gasteiger partial charge >= 0.3 is 0 Å². The molecular formula is C12H13NO. The maximum Gasteiger partial charge on any atom is 0.159 e. The van der Waals surface area contributed by atoms with Crippen molar-refractivity contribution in [2.24, 2.45) is 0 Å². The first-order valence-electron chi connectivity index (χ1n) is 4.86. The van der Waals surface area contributed by atoms with Gasteiger partial charge in [0.1, 0.15) is 0 Å². The van der Waals surface area contributed by atoms with Crippen molar-refractivity contribution in [1.82, 2.24) is 5.32 Å². The van der Waals surface area contributed by atoms with Crippen LogP contribution in [-0.2, 0) is 11.2 Å². The molecule has 72 valence electrons. The Hall–Kier alpha value is -1.57. The quantitative estimate of drug-likeness (QED) is 0.763. The summed E-state index contributed by atoms with van der Waals surface area (Å²) in [5.74, 6) is 0.231. The molecule has 14 heavy (non-hydrogen) atoms. The number of nitrogens with one attached hydrogen (secondary N) is 1. The molecule has 0 aromatic heterocycles. The van der Waals surface area contributed by atoms with Gasteiger partial charge in [-0.05, 0) is 5.56 Å². The molecular weight excluding hydrogens is 174 g/mol. The van der Waals surface area contributed by atoms with Gasteiger partial charge in [-0.25, -0.2) is 0 Å². The minimum Gasteiger partial charge on any atom is -0.388 e. The summed E-state index contributed by atoms with van der Waals surface area (Å²) in [7, 11) is 0. The van der Waals surface area contributed by atoms with Crippen LogP contribution in [0.25, 0.3) is 0 Å². The SMILES string of the molecule is O=C1C=C(Cc2ccccc2)NCC1. The minimum atomic E-state index is 0.231. The van der Waals surface area contributed by atoms with E-state index in [1.165, 1.54) is 5.56 Å². The van der Waals surface area contributed by atoms with Crippen molar-refractivity contribution in [3.8, 4) is 0 Å². The maximum atomic E-state index is 11.1. The Morgan fingerprint density at radius 3 is 2.71 bits per heavy atom. The molecule has 0 spiro atoms. The van der Waals surface area contributed by atoms with Crippen molar-refractivity contribution >= 4 is 5.78 Å². The monoisotopic (exact) mass is 187 g/mol. The van der Waals surface area contributed by atoms with Crippen molar-refractivity contribution in [3.05, 3.63) is 47.7 Å². The number of hydrogen-bond donors (Lipinski definition) is 1. The van der Waals surface area contributed by atoms with Crippen molar-refractivity contribution in [2.45, 2.75) is 12.8 Å². The van der Waals surface area contributed by atoms with Gasteiger partial charge in [0.05, 0.1) is 0 Å². The first-order chi connectivity index (χ1) is 6.84. The van der Waals surface area contributed by atoms with Crippen LogP contribution in [0.2, 0.25) is 0 Å². The molecule has 0 amide bonds. The molecule has 0 bridgehead atoms. The highest BCUT2D eigenvalue weighted by molar-refractivity contribution is 5.91. The number of allylic oxidation sites excluding steroid dienone is 2. The number of carbonyl (C=O) groups excluding carboxylic acids is 1. The van der Waals surface area contributed by atoms with E-state index in [2.05, 4.69) is 17.4 Å². The van der Waals surface area contributed by atoms with Crippen molar-refractivity contribution in [2.75, 3.05) is 6.54 Å². The van der Waals surface area contributed by atoms with Crippen LogP contribution in [0.1, 0.15) is 12.0 Å². The lowest BCUT2D eigenvalue weighted by Gasteiger charge is -2.14. The van der Waals surface area contributed by atoms with Crippen LogP contribution >= 0.6 is 0 Å². The van der Waals surface area contributed by atoms with Gasteiger partial charge in [0, 0.05) is 31.2 Å². The summed E-state index contributed by atoms with van der Waals surface area (Å²) >= 11 is 0. The molecule has 0 aliphatic carbocycles. The molecule has 0 saturated carbocycles. The third-order valence-electron chi connectivity index (χ3n) is 2.30. The summed E-state index contributed by atoms with van der Waals surface area (Å²) in [6, 6.07) is 10.2. The number of rotatable bonds is 2. The third kappa shape index (κ3) is 2.22. The average Bonchev–Trinajstić information content (AvgIpc) is 2.19. The molecule has 0 fully saturated rings. The number of carbonyl (C=O) groups is 1. The zero-order valence-electron chi connectivity index (χ0n) is 7.99. The Bertz CT molecular complexity index is 354. The number of hydrogen-bond acceptors (Lipinski definition) is 2. The fourth-order valence-electron chi connectivity index (χ4n) is 1.59. The highest BCUT2D eigenvalue weighted by Gasteiger charge is 2.08. The number of ketones is 1. The standard InChI is InChI=1S/C12H13NO/c14-12-6-7-13-11(9-12)8-10-4-2-1-3-5-10/h1-5,9,13H,6-8H2. The average molecular weight is 187 g/mol. The van der Waals surface area contributed by atoms with Gasteiger partial charge in [0.2, 0.25) is 0 Å². The molecule has 1 aromatic rings. The fourth-order valence-corrected chi connectivity index (χ4v) is 1.59. The van der Waals surface area contributed by atoms with E-state index in [1.807, 2.05) is 18.2 Å². The summed E-state index contributed by atoms with van der Waals surface area (Å²) in [6.45, 7) is 0.775. The largest absolute Gasteiger partial charge is 0.388 e. The van der Waals surface area contributed by atoms with Crippen LogP contribution in [0.4, 0.5) is 0 Å². The first kappa shape index (κ1) is 9.00. The van der Waals surface area contributed by atoms with Crippen LogP contribution < -0.4 is 5.32 Å². The highest BCUT2D eigenvalue weighted by Crippen LogP contribution is 2.08. The Morgan fingerprint density at radius 1 is 1.21 bits per heavy atom. The second kappa shape index (κ2) is 4.09. The smallest absolute Gasteiger partial charge is 0.159 e. The maximum absolute atomic E-state index is 11.1. The van der Waals surface area contributed by atoms with Crippen molar-refractivity contribution in [3.63, 3.8) is 0 Å². The lowest BCUT2D eigenvalue weighted by Crippen LogP contribution is -2.24. The van der Waals surface area contributed by atoms with E-state index in [0.717, 1.165) is 18.7 Å². The summed E-state index contributed by atoms with van der Waals surface area (Å²) in [4.78, 5) is 11.1. The Kier molecular flexibility index (Phi) is 2.63. The second-order valence-corrected chi connectivity index (χ2v) is 3.48. The van der Waals surface area contributed by atoms with Crippen molar-refractivity contribution in [1.29, 1.82) is 0 Å². The topological polar surface area (TPSA) is 29.1 Å². The molecule has 1 heterocycles. The Labute approximate surface area is 83.6 Å². The normalized spacial score (nSPS) is 16.0. The Morgan fingerprint density at radius 2 is 2.00 bits per heavy atom. The molecule has 0 atom stereocenters. The lowest BCUT2D eigenvalue weighted by atomic mass is 10.1. The molecule has 1 N–H and O–H groups in total. The lowest BCUT2D eigenvalue weighted by molar-refractivity contribution is -0.114. The second-order valence-electron chi connectivity index (χ2n) is 3.48. The van der Waals surface area contributed by atoms with Crippen molar-refractivity contribution < 1.29 is 4.79 Å². The minimum absolute atomic E-state index is 0.231. The summed E-state index contributed by atoms with van der Waals surface area (Å²) < 4.78 is 0. The van der Waals surface area contributed by atoms with Crippen LogP contribution in [0.15, 0.2) is 42.1 Å². The molecule has 0 unspecified atom stereocenters. The fraction of sp³-hybridized carbons (Fsp3) is 0.250. The van der Waals surface area contributed by atoms with Gasteiger partial charge in [-0.15, -0.1) is 0 Å². The zero-order valence-corrected chi connectivity index (χ0v) is 7.99. The molecule has 0 saturated heterocycles. The van der Waals surface area contributed by atoms with Gasteiger partial charge < -0.3 is 5.32 Å². The summed E-state index contributed by atoms with van der Waals surface area (Å²) in [6.07, 6.45) is 3.17. The summed E-state index contributed by atoms with van der Waals surface area (Å²) in [5.41, 5.74) is 2.27. The van der Waals surface area contributed by atoms with E-state index >= 15 is 0 Å². The van der Waals surface area contributed by atoms with E-state index in [0.29, 0.717) is 6.42 Å². The third-order valence-corrected chi connectivity index (χ3v) is 2.30. The van der Waals surface area contributed by atoms with E-state index in [9.17, 15) is 4.79 Å². The number of benzene rings is 1. The van der Waals surface area contributed by atoms with Gasteiger partial charge in [-0.3, -0.25) is 4.79 Å².